The first-order chi connectivity index (χ1) is 14.0. The van der Waals surface area contributed by atoms with Gasteiger partial charge in [-0.2, -0.15) is 0 Å². The summed E-state index contributed by atoms with van der Waals surface area (Å²) < 4.78 is 16.2. The number of benzene rings is 2. The molecule has 7 nitrogen and oxygen atoms in total. The highest BCUT2D eigenvalue weighted by atomic mass is 32.1. The van der Waals surface area contributed by atoms with Crippen LogP contribution in [-0.4, -0.2) is 31.3 Å². The molecule has 8 heteroatoms. The molecule has 0 unspecified atom stereocenters. The first-order valence-electron chi connectivity index (χ1n) is 9.37. The number of hydrogen-bond donors (Lipinski definition) is 3. The lowest BCUT2D eigenvalue weighted by Gasteiger charge is -2.17. The topological polar surface area (TPSA) is 80.9 Å². The fraction of sp³-hybridized carbons (Fsp3) is 0.333. The van der Waals surface area contributed by atoms with Crippen LogP contribution in [0.2, 0.25) is 0 Å². The predicted octanol–water partition coefficient (Wildman–Crippen LogP) is 2.98. The van der Waals surface area contributed by atoms with Gasteiger partial charge in [0, 0.05) is 11.8 Å². The van der Waals surface area contributed by atoms with Gasteiger partial charge in [0.2, 0.25) is 0 Å². The van der Waals surface area contributed by atoms with E-state index in [1.807, 2.05) is 12.1 Å². The number of carbonyl (C=O) groups excluding carboxylic acids is 1. The molecular formula is C21H25N3O4S. The molecule has 1 amide bonds. The number of hydrogen-bond acceptors (Lipinski definition) is 5. The maximum Gasteiger partial charge on any atom is 0.279 e. The van der Waals surface area contributed by atoms with Gasteiger partial charge in [-0.05, 0) is 73.8 Å². The van der Waals surface area contributed by atoms with Gasteiger partial charge < -0.3 is 19.5 Å². The van der Waals surface area contributed by atoms with Gasteiger partial charge in [-0.25, -0.2) is 0 Å². The van der Waals surface area contributed by atoms with Gasteiger partial charge in [0.1, 0.15) is 5.75 Å². The second-order valence-corrected chi connectivity index (χ2v) is 7.09. The summed E-state index contributed by atoms with van der Waals surface area (Å²) in [5.74, 6) is 1.55. The van der Waals surface area contributed by atoms with Gasteiger partial charge in [0.05, 0.1) is 14.2 Å². The zero-order valence-electron chi connectivity index (χ0n) is 16.7. The van der Waals surface area contributed by atoms with Crippen LogP contribution in [0.1, 0.15) is 24.5 Å². The van der Waals surface area contributed by atoms with E-state index >= 15 is 0 Å². The highest BCUT2D eigenvalue weighted by Gasteiger charge is 2.17. The van der Waals surface area contributed by atoms with Crippen molar-refractivity contribution in [1.82, 2.24) is 10.9 Å². The van der Waals surface area contributed by atoms with Crippen molar-refractivity contribution in [3.63, 3.8) is 0 Å². The van der Waals surface area contributed by atoms with Gasteiger partial charge in [-0.3, -0.25) is 15.6 Å². The number of hydrazine groups is 1. The molecule has 2 aromatic carbocycles. The SMILES string of the molecule is COc1ccc(NC(=S)NNC(=O)[C@@H](C)Oc2ccc3c(c2)CCC3)cc1OC. The Hall–Kier alpha value is -3.00. The van der Waals surface area contributed by atoms with Crippen molar-refractivity contribution in [3.05, 3.63) is 47.5 Å². The lowest BCUT2D eigenvalue weighted by molar-refractivity contribution is -0.127. The molecule has 0 saturated heterocycles. The van der Waals surface area contributed by atoms with Crippen LogP contribution < -0.4 is 30.4 Å². The summed E-state index contributed by atoms with van der Waals surface area (Å²) in [4.78, 5) is 12.3. The minimum atomic E-state index is -0.675. The summed E-state index contributed by atoms with van der Waals surface area (Å²) in [6.45, 7) is 1.69. The molecule has 1 aliphatic rings. The zero-order chi connectivity index (χ0) is 20.8. The molecule has 1 atom stereocenters. The van der Waals surface area contributed by atoms with Gasteiger partial charge in [-0.1, -0.05) is 6.07 Å². The molecule has 0 radical (unpaired) electrons. The second-order valence-electron chi connectivity index (χ2n) is 6.68. The summed E-state index contributed by atoms with van der Waals surface area (Å²) >= 11 is 5.22. The quantitative estimate of drug-likeness (QED) is 0.494. The number of rotatable bonds is 6. The summed E-state index contributed by atoms with van der Waals surface area (Å²) in [5, 5.41) is 3.20. The number of methoxy groups -OCH3 is 2. The molecule has 2 aromatic rings. The van der Waals surface area contributed by atoms with Crippen molar-refractivity contribution < 1.29 is 19.0 Å². The minimum Gasteiger partial charge on any atom is -0.493 e. The molecule has 0 spiro atoms. The Bertz CT molecular complexity index is 903. The fourth-order valence-corrected chi connectivity index (χ4v) is 3.34. The van der Waals surface area contributed by atoms with E-state index in [-0.39, 0.29) is 11.0 Å². The fourth-order valence-electron chi connectivity index (χ4n) is 3.18. The Morgan fingerprint density at radius 3 is 2.52 bits per heavy atom. The van der Waals surface area contributed by atoms with E-state index in [0.29, 0.717) is 22.9 Å². The van der Waals surface area contributed by atoms with Gasteiger partial charge in [-0.15, -0.1) is 0 Å². The Morgan fingerprint density at radius 2 is 1.76 bits per heavy atom. The van der Waals surface area contributed by atoms with Crippen molar-refractivity contribution in [2.75, 3.05) is 19.5 Å². The van der Waals surface area contributed by atoms with Crippen LogP contribution in [-0.2, 0) is 17.6 Å². The molecule has 0 saturated carbocycles. The van der Waals surface area contributed by atoms with Crippen LogP contribution >= 0.6 is 12.2 Å². The third kappa shape index (κ3) is 5.29. The highest BCUT2D eigenvalue weighted by molar-refractivity contribution is 7.80. The molecule has 154 valence electrons. The number of carbonyl (C=O) groups is 1. The summed E-state index contributed by atoms with van der Waals surface area (Å²) in [6.07, 6.45) is 2.67. The van der Waals surface area contributed by atoms with E-state index in [2.05, 4.69) is 22.2 Å². The third-order valence-corrected chi connectivity index (χ3v) is 4.90. The number of anilines is 1. The monoisotopic (exact) mass is 415 g/mol. The van der Waals surface area contributed by atoms with E-state index in [4.69, 9.17) is 26.4 Å². The maximum absolute atomic E-state index is 12.3. The van der Waals surface area contributed by atoms with Crippen molar-refractivity contribution in [1.29, 1.82) is 0 Å². The Morgan fingerprint density at radius 1 is 1.00 bits per heavy atom. The van der Waals surface area contributed by atoms with Crippen LogP contribution in [0.3, 0.4) is 0 Å². The molecule has 1 aliphatic carbocycles. The summed E-state index contributed by atoms with van der Waals surface area (Å²) in [6, 6.07) is 11.3. The third-order valence-electron chi connectivity index (χ3n) is 4.69. The largest absolute Gasteiger partial charge is 0.493 e. The summed E-state index contributed by atoms with van der Waals surface area (Å²) in [5.41, 5.74) is 8.58. The minimum absolute atomic E-state index is 0.232. The van der Waals surface area contributed by atoms with Crippen molar-refractivity contribution in [3.8, 4) is 17.2 Å². The number of thiocarbonyl (C=S) groups is 1. The number of fused-ring (bicyclic) bond motifs is 1. The van der Waals surface area contributed by atoms with Crippen LogP contribution in [0.5, 0.6) is 17.2 Å². The molecule has 0 fully saturated rings. The van der Waals surface area contributed by atoms with Crippen molar-refractivity contribution in [2.24, 2.45) is 0 Å². The summed E-state index contributed by atoms with van der Waals surface area (Å²) in [7, 11) is 3.12. The smallest absolute Gasteiger partial charge is 0.279 e. The number of ether oxygens (including phenoxy) is 3. The molecule has 0 bridgehead atoms. The van der Waals surface area contributed by atoms with E-state index < -0.39 is 6.10 Å². The molecule has 3 N–H and O–H groups in total. The lowest BCUT2D eigenvalue weighted by atomic mass is 10.1. The first kappa shape index (κ1) is 20.7. The van der Waals surface area contributed by atoms with E-state index in [1.165, 1.54) is 17.5 Å². The van der Waals surface area contributed by atoms with Crippen molar-refractivity contribution >= 4 is 28.9 Å². The highest BCUT2D eigenvalue weighted by Crippen LogP contribution is 2.29. The zero-order valence-corrected chi connectivity index (χ0v) is 17.5. The lowest BCUT2D eigenvalue weighted by Crippen LogP contribution is -2.48. The van der Waals surface area contributed by atoms with Crippen LogP contribution in [0.4, 0.5) is 5.69 Å². The molecule has 29 heavy (non-hydrogen) atoms. The molecule has 0 aromatic heterocycles. The predicted molar refractivity (Wildman–Crippen MR) is 116 cm³/mol. The molecule has 0 aliphatic heterocycles. The van der Waals surface area contributed by atoms with E-state index in [9.17, 15) is 4.79 Å². The first-order valence-corrected chi connectivity index (χ1v) is 9.78. The van der Waals surface area contributed by atoms with Crippen molar-refractivity contribution in [2.45, 2.75) is 32.3 Å². The van der Waals surface area contributed by atoms with Crippen LogP contribution in [0, 0.1) is 0 Å². The normalized spacial score (nSPS) is 13.1. The number of nitrogens with one attached hydrogen (secondary N) is 3. The average molecular weight is 416 g/mol. The van der Waals surface area contributed by atoms with Crippen LogP contribution in [0.15, 0.2) is 36.4 Å². The number of amides is 1. The Kier molecular flexibility index (Phi) is 6.77. The average Bonchev–Trinajstić information content (AvgIpc) is 3.19. The van der Waals surface area contributed by atoms with E-state index in [1.54, 1.807) is 39.3 Å². The maximum atomic E-state index is 12.3. The molecule has 0 heterocycles. The Balaban J connectivity index is 1.48. The molecular weight excluding hydrogens is 390 g/mol. The molecule has 3 rings (SSSR count). The number of aryl methyl sites for hydroxylation is 2. The second kappa shape index (κ2) is 9.47. The van der Waals surface area contributed by atoms with Gasteiger partial charge >= 0.3 is 0 Å². The Labute approximate surface area is 175 Å². The van der Waals surface area contributed by atoms with Gasteiger partial charge in [0.25, 0.3) is 5.91 Å². The van der Waals surface area contributed by atoms with E-state index in [0.717, 1.165) is 12.8 Å². The standard InChI is InChI=1S/C21H25N3O4S/c1-13(28-17-9-7-14-5-4-6-15(14)11-17)20(25)23-24-21(29)22-16-8-10-18(26-2)19(12-16)27-3/h7-13H,4-6H2,1-3H3,(H,23,25)(H2,22,24,29)/t13-/m1/s1. The van der Waals surface area contributed by atoms with Crippen LogP contribution in [0.25, 0.3) is 0 Å². The van der Waals surface area contributed by atoms with Gasteiger partial charge in [0.15, 0.2) is 22.7 Å².